The average molecular weight is 265 g/mol. The molecule has 17 heavy (non-hydrogen) atoms. The van der Waals surface area contributed by atoms with Gasteiger partial charge >= 0.3 is 13.6 Å². The van der Waals surface area contributed by atoms with Crippen molar-refractivity contribution in [3.63, 3.8) is 0 Å². The average Bonchev–Trinajstić information content (AvgIpc) is 2.14. The maximum atomic E-state index is 11.4. The molecule has 98 valence electrons. The zero-order valence-corrected chi connectivity index (χ0v) is 10.5. The van der Waals surface area contributed by atoms with Gasteiger partial charge in [-0.3, -0.25) is 9.36 Å². The van der Waals surface area contributed by atoms with Crippen LogP contribution in [0, 0.1) is 0 Å². The van der Waals surface area contributed by atoms with Crippen LogP contribution in [-0.2, 0) is 18.9 Å². The topological polar surface area (TPSA) is 113 Å². The highest BCUT2D eigenvalue weighted by Crippen LogP contribution is 2.35. The highest BCUT2D eigenvalue weighted by molar-refractivity contribution is 7.51. The molecule has 8 heteroatoms. The van der Waals surface area contributed by atoms with Gasteiger partial charge in [-0.1, -0.05) is 6.58 Å². The van der Waals surface area contributed by atoms with E-state index in [1.165, 1.54) is 13.8 Å². The van der Waals surface area contributed by atoms with Gasteiger partial charge in [-0.25, -0.2) is 4.79 Å². The molecule has 0 fully saturated rings. The van der Waals surface area contributed by atoms with Gasteiger partial charge in [0.2, 0.25) is 5.91 Å². The third-order valence-corrected chi connectivity index (χ3v) is 2.70. The second-order valence-electron chi connectivity index (χ2n) is 3.53. The van der Waals surface area contributed by atoms with Gasteiger partial charge in [0.15, 0.2) is 0 Å². The summed E-state index contributed by atoms with van der Waals surface area (Å²) in [7, 11) is -4.22. The van der Waals surface area contributed by atoms with Crippen LogP contribution in [0.5, 0.6) is 0 Å². The van der Waals surface area contributed by atoms with Gasteiger partial charge in [0.25, 0.3) is 0 Å². The van der Waals surface area contributed by atoms with Crippen molar-refractivity contribution in [1.29, 1.82) is 0 Å². The lowest BCUT2D eigenvalue weighted by Gasteiger charge is -2.17. The Bertz CT molecular complexity index is 349. The van der Waals surface area contributed by atoms with E-state index < -0.39 is 37.8 Å². The first-order valence-corrected chi connectivity index (χ1v) is 6.63. The van der Waals surface area contributed by atoms with E-state index in [2.05, 4.69) is 11.9 Å². The van der Waals surface area contributed by atoms with Crippen LogP contribution in [0.25, 0.3) is 0 Å². The van der Waals surface area contributed by atoms with Gasteiger partial charge < -0.3 is 19.8 Å². The van der Waals surface area contributed by atoms with E-state index in [0.29, 0.717) is 0 Å². The number of nitrogens with one attached hydrogen (secondary N) is 1. The molecule has 1 amide bonds. The van der Waals surface area contributed by atoms with Crippen molar-refractivity contribution in [1.82, 2.24) is 5.32 Å². The van der Waals surface area contributed by atoms with Crippen molar-refractivity contribution in [2.24, 2.45) is 0 Å². The molecule has 7 nitrogen and oxygen atoms in total. The number of rotatable bonds is 6. The maximum Gasteiger partial charge on any atom is 0.329 e. The zero-order valence-electron chi connectivity index (χ0n) is 9.62. The van der Waals surface area contributed by atoms with E-state index in [-0.39, 0.29) is 0 Å². The molecule has 0 rings (SSSR count). The van der Waals surface area contributed by atoms with E-state index in [0.717, 1.165) is 6.08 Å². The molecule has 0 bridgehead atoms. The molecule has 0 aromatic heterocycles. The van der Waals surface area contributed by atoms with Crippen molar-refractivity contribution < 1.29 is 28.7 Å². The van der Waals surface area contributed by atoms with Crippen molar-refractivity contribution in [2.45, 2.75) is 26.0 Å². The van der Waals surface area contributed by atoms with Crippen LogP contribution in [0.2, 0.25) is 0 Å². The number of hydrogen-bond donors (Lipinski definition) is 3. The summed E-state index contributed by atoms with van der Waals surface area (Å²) in [4.78, 5) is 39.6. The first kappa shape index (κ1) is 15.8. The second kappa shape index (κ2) is 6.54. The molecule has 0 aromatic rings. The Labute approximate surface area is 99.0 Å². The molecule has 0 aliphatic carbocycles. The molecule has 0 heterocycles. The van der Waals surface area contributed by atoms with Crippen LogP contribution in [0.1, 0.15) is 13.8 Å². The van der Waals surface area contributed by atoms with Crippen LogP contribution in [0.4, 0.5) is 0 Å². The Morgan fingerprint density at radius 2 is 2.00 bits per heavy atom. The number of amides is 1. The summed E-state index contributed by atoms with van der Waals surface area (Å²) in [6.45, 7) is 5.97. The van der Waals surface area contributed by atoms with Gasteiger partial charge in [-0.15, -0.1) is 0 Å². The maximum absolute atomic E-state index is 11.4. The first-order valence-electron chi connectivity index (χ1n) is 4.83. The van der Waals surface area contributed by atoms with Crippen molar-refractivity contribution in [2.75, 3.05) is 6.16 Å². The number of carbonyl (C=O) groups excluding carboxylic acids is 2. The molecular weight excluding hydrogens is 249 g/mol. The standard InChI is InChI=1S/C9H16NO6P/c1-4-8(11)10-7(3)9(12)16-6(2)5-17(13,14)15/h4,6-7H,1,5H2,2-3H3,(H,10,11)(H2,13,14,15). The second-order valence-corrected chi connectivity index (χ2v) is 5.22. The highest BCUT2D eigenvalue weighted by atomic mass is 31.2. The Balaban J connectivity index is 4.20. The summed E-state index contributed by atoms with van der Waals surface area (Å²) < 4.78 is 15.4. The van der Waals surface area contributed by atoms with Gasteiger partial charge in [0, 0.05) is 0 Å². The zero-order chi connectivity index (χ0) is 13.6. The molecule has 3 N–H and O–H groups in total. The van der Waals surface area contributed by atoms with Crippen LogP contribution in [0.3, 0.4) is 0 Å². The fourth-order valence-electron chi connectivity index (χ4n) is 1.00. The molecule has 0 saturated heterocycles. The normalized spacial score (nSPS) is 14.6. The minimum Gasteiger partial charge on any atom is -0.460 e. The summed E-state index contributed by atoms with van der Waals surface area (Å²) in [6, 6.07) is -0.903. The van der Waals surface area contributed by atoms with E-state index in [4.69, 9.17) is 14.5 Å². The highest BCUT2D eigenvalue weighted by Gasteiger charge is 2.23. The summed E-state index contributed by atoms with van der Waals surface area (Å²) in [6.07, 6.45) is -0.476. The van der Waals surface area contributed by atoms with Crippen molar-refractivity contribution >= 4 is 19.5 Å². The first-order chi connectivity index (χ1) is 7.65. The molecular formula is C9H16NO6P. The number of carbonyl (C=O) groups is 2. The molecule has 0 aromatic carbocycles. The predicted molar refractivity (Wildman–Crippen MR) is 60.3 cm³/mol. The summed E-state index contributed by atoms with van der Waals surface area (Å²) in [5.74, 6) is -1.29. The monoisotopic (exact) mass is 265 g/mol. The number of hydrogen-bond acceptors (Lipinski definition) is 4. The van der Waals surface area contributed by atoms with Crippen molar-refractivity contribution in [3.05, 3.63) is 12.7 Å². The van der Waals surface area contributed by atoms with Gasteiger partial charge in [0.05, 0.1) is 6.16 Å². The Morgan fingerprint density at radius 1 is 1.47 bits per heavy atom. The fourth-order valence-corrected chi connectivity index (χ4v) is 1.75. The summed E-state index contributed by atoms with van der Waals surface area (Å²) >= 11 is 0. The Kier molecular flexibility index (Phi) is 6.09. The molecule has 0 radical (unpaired) electrons. The smallest absolute Gasteiger partial charge is 0.329 e. The largest absolute Gasteiger partial charge is 0.460 e. The molecule has 2 unspecified atom stereocenters. The van der Waals surface area contributed by atoms with Gasteiger partial charge in [0.1, 0.15) is 12.1 Å². The Hall–Kier alpha value is -1.17. The number of esters is 1. The van der Waals surface area contributed by atoms with E-state index in [9.17, 15) is 14.2 Å². The minimum absolute atomic E-state index is 0.530. The number of ether oxygens (including phenoxy) is 1. The summed E-state index contributed by atoms with van der Waals surface area (Å²) in [5, 5.41) is 2.27. The summed E-state index contributed by atoms with van der Waals surface area (Å²) in [5.41, 5.74) is 0. The van der Waals surface area contributed by atoms with E-state index >= 15 is 0 Å². The van der Waals surface area contributed by atoms with Crippen LogP contribution in [0.15, 0.2) is 12.7 Å². The van der Waals surface area contributed by atoms with Crippen LogP contribution in [-0.4, -0.2) is 40.0 Å². The third-order valence-electron chi connectivity index (χ3n) is 1.71. The molecule has 0 aliphatic heterocycles. The lowest BCUT2D eigenvalue weighted by atomic mass is 10.3. The third kappa shape index (κ3) is 7.68. The van der Waals surface area contributed by atoms with E-state index in [1.807, 2.05) is 0 Å². The predicted octanol–water partition coefficient (Wildman–Crippen LogP) is -0.213. The van der Waals surface area contributed by atoms with Gasteiger partial charge in [-0.05, 0) is 19.9 Å². The van der Waals surface area contributed by atoms with Crippen LogP contribution >= 0.6 is 7.60 Å². The van der Waals surface area contributed by atoms with E-state index in [1.54, 1.807) is 0 Å². The molecule has 0 saturated carbocycles. The lowest BCUT2D eigenvalue weighted by Crippen LogP contribution is -2.40. The van der Waals surface area contributed by atoms with Crippen LogP contribution < -0.4 is 5.32 Å². The lowest BCUT2D eigenvalue weighted by molar-refractivity contribution is -0.150. The molecule has 2 atom stereocenters. The van der Waals surface area contributed by atoms with Crippen molar-refractivity contribution in [3.8, 4) is 0 Å². The minimum atomic E-state index is -4.22. The molecule has 0 spiro atoms. The molecule has 0 aliphatic rings. The SMILES string of the molecule is C=CC(=O)NC(C)C(=O)OC(C)CP(=O)(O)O. The van der Waals surface area contributed by atoms with Gasteiger partial charge in [-0.2, -0.15) is 0 Å². The quantitative estimate of drug-likeness (QED) is 0.348. The Morgan fingerprint density at radius 3 is 2.41 bits per heavy atom. The fraction of sp³-hybridized carbons (Fsp3) is 0.556.